The lowest BCUT2D eigenvalue weighted by atomic mass is 10.1. The van der Waals surface area contributed by atoms with E-state index in [1.165, 1.54) is 0 Å². The summed E-state index contributed by atoms with van der Waals surface area (Å²) in [6.45, 7) is 0.386. The van der Waals surface area contributed by atoms with E-state index >= 15 is 0 Å². The third kappa shape index (κ3) is 3.62. The molecule has 24 heavy (non-hydrogen) atoms. The van der Waals surface area contributed by atoms with Crippen LogP contribution in [0.15, 0.2) is 47.1 Å². The molecule has 1 saturated carbocycles. The minimum absolute atomic E-state index is 0.155. The van der Waals surface area contributed by atoms with Gasteiger partial charge in [-0.3, -0.25) is 4.79 Å². The number of carbonyl (C=O) groups is 1. The first-order valence-electron chi connectivity index (χ1n) is 8.34. The van der Waals surface area contributed by atoms with Gasteiger partial charge in [-0.2, -0.15) is 0 Å². The largest absolute Gasteiger partial charge is 0.497 e. The van der Waals surface area contributed by atoms with E-state index in [1.807, 2.05) is 12.1 Å². The number of aliphatic hydroxyl groups is 1. The van der Waals surface area contributed by atoms with Crippen molar-refractivity contribution < 1.29 is 19.1 Å². The first kappa shape index (κ1) is 16.6. The van der Waals surface area contributed by atoms with Crippen LogP contribution in [0.25, 0.3) is 0 Å². The summed E-state index contributed by atoms with van der Waals surface area (Å²) in [6, 6.07) is 10.8. The summed E-state index contributed by atoms with van der Waals surface area (Å²) in [6.07, 6.45) is 4.57. The van der Waals surface area contributed by atoms with Crippen molar-refractivity contribution in [1.29, 1.82) is 0 Å². The Labute approximate surface area is 141 Å². The quantitative estimate of drug-likeness (QED) is 0.883. The van der Waals surface area contributed by atoms with Crippen molar-refractivity contribution >= 4 is 5.91 Å². The van der Waals surface area contributed by atoms with Crippen molar-refractivity contribution in [1.82, 2.24) is 4.90 Å². The van der Waals surface area contributed by atoms with Crippen LogP contribution >= 0.6 is 0 Å². The molecule has 1 aromatic carbocycles. The topological polar surface area (TPSA) is 62.9 Å². The van der Waals surface area contributed by atoms with E-state index in [9.17, 15) is 9.90 Å². The Morgan fingerprint density at radius 2 is 2.12 bits per heavy atom. The molecule has 1 aliphatic carbocycles. The molecule has 5 heteroatoms. The highest BCUT2D eigenvalue weighted by molar-refractivity contribution is 5.82. The van der Waals surface area contributed by atoms with Gasteiger partial charge in [0.15, 0.2) is 6.10 Å². The summed E-state index contributed by atoms with van der Waals surface area (Å²) in [5, 5.41) is 10.6. The van der Waals surface area contributed by atoms with Crippen molar-refractivity contribution in [2.24, 2.45) is 0 Å². The van der Waals surface area contributed by atoms with Gasteiger partial charge in [0.05, 0.1) is 19.9 Å². The summed E-state index contributed by atoms with van der Waals surface area (Å²) in [5.41, 5.74) is 0.543. The Balaban J connectivity index is 1.81. The number of hydrogen-bond acceptors (Lipinski definition) is 4. The number of nitrogens with zero attached hydrogens (tertiary/aromatic N) is 1. The average molecular weight is 329 g/mol. The van der Waals surface area contributed by atoms with Crippen LogP contribution in [-0.2, 0) is 11.3 Å². The van der Waals surface area contributed by atoms with Crippen LogP contribution in [0.3, 0.4) is 0 Å². The molecule has 128 valence electrons. The highest BCUT2D eigenvalue weighted by atomic mass is 16.5. The van der Waals surface area contributed by atoms with Crippen molar-refractivity contribution in [2.75, 3.05) is 7.11 Å². The number of hydrogen-bond donors (Lipinski definition) is 1. The van der Waals surface area contributed by atoms with Gasteiger partial charge in [0.25, 0.3) is 5.91 Å². The van der Waals surface area contributed by atoms with Gasteiger partial charge >= 0.3 is 0 Å². The number of methoxy groups -OCH3 is 1. The lowest BCUT2D eigenvalue weighted by molar-refractivity contribution is -0.144. The summed E-state index contributed by atoms with van der Waals surface area (Å²) in [7, 11) is 1.56. The first-order valence-corrected chi connectivity index (χ1v) is 8.34. The molecular weight excluding hydrogens is 306 g/mol. The summed E-state index contributed by atoms with van der Waals surface area (Å²) < 4.78 is 10.6. The first-order chi connectivity index (χ1) is 11.7. The maximum absolute atomic E-state index is 12.9. The highest BCUT2D eigenvalue weighted by Gasteiger charge is 2.32. The van der Waals surface area contributed by atoms with E-state index in [1.54, 1.807) is 42.5 Å². The Hall–Kier alpha value is -2.27. The van der Waals surface area contributed by atoms with E-state index in [-0.39, 0.29) is 11.9 Å². The third-order valence-corrected chi connectivity index (χ3v) is 4.60. The number of ether oxygens (including phenoxy) is 1. The molecule has 0 saturated heterocycles. The van der Waals surface area contributed by atoms with Gasteiger partial charge < -0.3 is 19.2 Å². The van der Waals surface area contributed by atoms with E-state index in [0.29, 0.717) is 17.9 Å². The second-order valence-electron chi connectivity index (χ2n) is 6.16. The van der Waals surface area contributed by atoms with Gasteiger partial charge in [-0.25, -0.2) is 0 Å². The lowest BCUT2D eigenvalue weighted by Gasteiger charge is -2.30. The molecule has 1 unspecified atom stereocenters. The summed E-state index contributed by atoms with van der Waals surface area (Å²) in [4.78, 5) is 14.7. The number of benzene rings is 1. The smallest absolute Gasteiger partial charge is 0.256 e. The van der Waals surface area contributed by atoms with E-state index < -0.39 is 6.10 Å². The fourth-order valence-electron chi connectivity index (χ4n) is 3.28. The predicted octanol–water partition coefficient (Wildman–Crippen LogP) is 3.29. The Kier molecular flexibility index (Phi) is 5.20. The molecule has 1 fully saturated rings. The van der Waals surface area contributed by atoms with Crippen molar-refractivity contribution in [3.05, 3.63) is 54.0 Å². The van der Waals surface area contributed by atoms with Crippen LogP contribution in [-0.4, -0.2) is 29.1 Å². The number of rotatable bonds is 6. The fourth-order valence-corrected chi connectivity index (χ4v) is 3.28. The normalized spacial score (nSPS) is 16.1. The van der Waals surface area contributed by atoms with Gasteiger partial charge in [-0.15, -0.1) is 0 Å². The third-order valence-electron chi connectivity index (χ3n) is 4.60. The van der Waals surface area contributed by atoms with Crippen LogP contribution in [0.2, 0.25) is 0 Å². The van der Waals surface area contributed by atoms with Crippen LogP contribution in [0, 0.1) is 0 Å². The fraction of sp³-hybridized carbons (Fsp3) is 0.421. The molecule has 1 aromatic heterocycles. The SMILES string of the molecule is COc1cccc(C(O)C(=O)N(Cc2ccco2)C2CCCC2)c1. The van der Waals surface area contributed by atoms with Crippen LogP contribution in [0.1, 0.15) is 43.1 Å². The van der Waals surface area contributed by atoms with Crippen molar-refractivity contribution in [3.63, 3.8) is 0 Å². The van der Waals surface area contributed by atoms with Crippen LogP contribution in [0.5, 0.6) is 5.75 Å². The zero-order chi connectivity index (χ0) is 16.9. The molecule has 1 heterocycles. The van der Waals surface area contributed by atoms with E-state index in [2.05, 4.69) is 0 Å². The Morgan fingerprint density at radius 3 is 2.79 bits per heavy atom. The molecule has 1 N–H and O–H groups in total. The molecule has 1 amide bonds. The molecule has 1 atom stereocenters. The number of aliphatic hydroxyl groups excluding tert-OH is 1. The molecule has 0 spiro atoms. The number of amides is 1. The maximum atomic E-state index is 12.9. The molecule has 5 nitrogen and oxygen atoms in total. The van der Waals surface area contributed by atoms with Gasteiger partial charge in [-0.05, 0) is 42.7 Å². The van der Waals surface area contributed by atoms with Gasteiger partial charge in [0.1, 0.15) is 11.5 Å². The van der Waals surface area contributed by atoms with Crippen molar-refractivity contribution in [3.8, 4) is 5.75 Å². The standard InChI is InChI=1S/C19H23NO4/c1-23-16-9-4-6-14(12-16)18(21)19(22)20(15-7-2-3-8-15)13-17-10-5-11-24-17/h4-6,9-12,15,18,21H,2-3,7-8,13H2,1H3. The lowest BCUT2D eigenvalue weighted by Crippen LogP contribution is -2.41. The maximum Gasteiger partial charge on any atom is 0.256 e. The van der Waals surface area contributed by atoms with E-state index in [4.69, 9.17) is 9.15 Å². The van der Waals surface area contributed by atoms with Crippen LogP contribution < -0.4 is 4.74 Å². The predicted molar refractivity (Wildman–Crippen MR) is 89.5 cm³/mol. The number of carbonyl (C=O) groups excluding carboxylic acids is 1. The average Bonchev–Trinajstić information content (AvgIpc) is 3.32. The minimum atomic E-state index is -1.20. The van der Waals surface area contributed by atoms with Gasteiger partial charge in [0.2, 0.25) is 0 Å². The van der Waals surface area contributed by atoms with Crippen molar-refractivity contribution in [2.45, 2.75) is 44.4 Å². The zero-order valence-electron chi connectivity index (χ0n) is 13.9. The molecule has 0 aliphatic heterocycles. The molecular formula is C19H23NO4. The summed E-state index contributed by atoms with van der Waals surface area (Å²) >= 11 is 0. The molecule has 3 rings (SSSR count). The van der Waals surface area contributed by atoms with Gasteiger partial charge in [-0.1, -0.05) is 25.0 Å². The molecule has 0 bridgehead atoms. The second kappa shape index (κ2) is 7.53. The summed E-state index contributed by atoms with van der Waals surface area (Å²) in [5.74, 6) is 1.07. The molecule has 1 aliphatic rings. The number of furan rings is 1. The van der Waals surface area contributed by atoms with Gasteiger partial charge in [0, 0.05) is 6.04 Å². The molecule has 0 radical (unpaired) electrons. The Bertz CT molecular complexity index is 662. The minimum Gasteiger partial charge on any atom is -0.497 e. The monoisotopic (exact) mass is 329 g/mol. The van der Waals surface area contributed by atoms with Crippen LogP contribution in [0.4, 0.5) is 0 Å². The molecule has 2 aromatic rings. The zero-order valence-corrected chi connectivity index (χ0v) is 13.9. The highest BCUT2D eigenvalue weighted by Crippen LogP contribution is 2.29. The van der Waals surface area contributed by atoms with E-state index in [0.717, 1.165) is 31.4 Å². The Morgan fingerprint density at radius 1 is 1.33 bits per heavy atom. The second-order valence-corrected chi connectivity index (χ2v) is 6.16.